The van der Waals surface area contributed by atoms with Gasteiger partial charge in [-0.2, -0.15) is 0 Å². The quantitative estimate of drug-likeness (QED) is 0.725. The molecule has 0 spiro atoms. The number of pyridine rings is 1. The minimum atomic E-state index is -0.520. The molecule has 4 heterocycles. The molecular weight excluding hydrogens is 337 g/mol. The van der Waals surface area contributed by atoms with Gasteiger partial charge in [-0.1, -0.05) is 0 Å². The number of nitrogens with zero attached hydrogens (tertiary/aromatic N) is 3. The van der Waals surface area contributed by atoms with Gasteiger partial charge in [-0.3, -0.25) is 4.79 Å². The van der Waals surface area contributed by atoms with Gasteiger partial charge in [-0.05, 0) is 37.3 Å². The third-order valence-electron chi connectivity index (χ3n) is 4.48. The standard InChI is InChI=1S/C19H18FN3O3/c1-13-16(6-9-25-13)19(24)23-10-14-4-3-8-22(14)11-15(12-23)26-18-17(20)5-2-7-21-18/h2-9,15H,10-12H2,1H3/t15-/m0/s1. The molecule has 7 heteroatoms. The second-order valence-corrected chi connectivity index (χ2v) is 6.26. The van der Waals surface area contributed by atoms with Gasteiger partial charge in [-0.25, -0.2) is 9.37 Å². The van der Waals surface area contributed by atoms with Crippen molar-refractivity contribution in [2.75, 3.05) is 6.54 Å². The van der Waals surface area contributed by atoms with Crippen LogP contribution in [0.2, 0.25) is 0 Å². The van der Waals surface area contributed by atoms with E-state index in [4.69, 9.17) is 9.15 Å². The summed E-state index contributed by atoms with van der Waals surface area (Å²) in [5.41, 5.74) is 1.51. The minimum absolute atomic E-state index is 0.0556. The molecule has 0 saturated carbocycles. The maximum absolute atomic E-state index is 13.9. The molecule has 0 bridgehead atoms. The fourth-order valence-corrected chi connectivity index (χ4v) is 3.18. The Morgan fingerprint density at radius 3 is 2.96 bits per heavy atom. The molecule has 1 atom stereocenters. The Bertz CT molecular complexity index is 934. The number of hydrogen-bond acceptors (Lipinski definition) is 4. The normalized spacial score (nSPS) is 16.8. The maximum Gasteiger partial charge on any atom is 0.257 e. The van der Waals surface area contributed by atoms with E-state index in [2.05, 4.69) is 4.98 Å². The molecule has 3 aromatic heterocycles. The van der Waals surface area contributed by atoms with Crippen molar-refractivity contribution in [1.82, 2.24) is 14.5 Å². The number of ether oxygens (including phenoxy) is 1. The van der Waals surface area contributed by atoms with Crippen LogP contribution in [-0.2, 0) is 13.1 Å². The van der Waals surface area contributed by atoms with Crippen molar-refractivity contribution in [3.8, 4) is 5.88 Å². The Morgan fingerprint density at radius 1 is 1.31 bits per heavy atom. The first kappa shape index (κ1) is 16.4. The van der Waals surface area contributed by atoms with Crippen LogP contribution in [0.5, 0.6) is 5.88 Å². The van der Waals surface area contributed by atoms with Crippen molar-refractivity contribution in [2.45, 2.75) is 26.1 Å². The number of furan rings is 1. The van der Waals surface area contributed by atoms with E-state index in [1.807, 2.05) is 22.9 Å². The van der Waals surface area contributed by atoms with E-state index < -0.39 is 11.9 Å². The largest absolute Gasteiger partial charge is 0.469 e. The highest BCUT2D eigenvalue weighted by molar-refractivity contribution is 5.95. The first-order valence-electron chi connectivity index (χ1n) is 8.36. The van der Waals surface area contributed by atoms with Crippen LogP contribution in [0.25, 0.3) is 0 Å². The van der Waals surface area contributed by atoms with Crippen molar-refractivity contribution in [3.05, 3.63) is 71.8 Å². The average molecular weight is 355 g/mol. The van der Waals surface area contributed by atoms with Crippen LogP contribution in [0.3, 0.4) is 0 Å². The van der Waals surface area contributed by atoms with Gasteiger partial charge in [0.05, 0.1) is 31.5 Å². The molecule has 0 fully saturated rings. The summed E-state index contributed by atoms with van der Waals surface area (Å²) in [5.74, 6) is -0.142. The molecule has 1 aliphatic rings. The topological polar surface area (TPSA) is 60.5 Å². The first-order valence-corrected chi connectivity index (χ1v) is 8.36. The zero-order valence-corrected chi connectivity index (χ0v) is 14.3. The molecule has 3 aromatic rings. The third-order valence-corrected chi connectivity index (χ3v) is 4.48. The molecule has 4 rings (SSSR count). The Hall–Kier alpha value is -3.09. The lowest BCUT2D eigenvalue weighted by Gasteiger charge is -2.24. The predicted octanol–water partition coefficient (Wildman–Crippen LogP) is 3.03. The van der Waals surface area contributed by atoms with E-state index in [1.165, 1.54) is 24.6 Å². The lowest BCUT2D eigenvalue weighted by molar-refractivity contribution is 0.0639. The Balaban J connectivity index is 1.62. The molecule has 1 amide bonds. The SMILES string of the molecule is Cc1occc1C(=O)N1Cc2cccn2C[C@H](Oc2ncccc2F)C1. The lowest BCUT2D eigenvalue weighted by atomic mass is 10.2. The molecule has 6 nitrogen and oxygen atoms in total. The molecule has 26 heavy (non-hydrogen) atoms. The number of rotatable bonds is 3. The van der Waals surface area contributed by atoms with E-state index in [0.29, 0.717) is 31.0 Å². The Kier molecular flexibility index (Phi) is 4.20. The smallest absolute Gasteiger partial charge is 0.257 e. The summed E-state index contributed by atoms with van der Waals surface area (Å²) in [6.07, 6.45) is 4.48. The molecule has 0 N–H and O–H groups in total. The van der Waals surface area contributed by atoms with E-state index in [9.17, 15) is 9.18 Å². The summed E-state index contributed by atoms with van der Waals surface area (Å²) >= 11 is 0. The van der Waals surface area contributed by atoms with Crippen molar-refractivity contribution < 1.29 is 18.3 Å². The lowest BCUT2D eigenvalue weighted by Crippen LogP contribution is -2.39. The van der Waals surface area contributed by atoms with E-state index in [1.54, 1.807) is 17.9 Å². The van der Waals surface area contributed by atoms with Crippen molar-refractivity contribution in [1.29, 1.82) is 0 Å². The van der Waals surface area contributed by atoms with Crippen LogP contribution in [0.1, 0.15) is 21.8 Å². The molecule has 0 aromatic carbocycles. The number of aromatic nitrogens is 2. The number of halogens is 1. The van der Waals surface area contributed by atoms with Crippen LogP contribution in [-0.4, -0.2) is 33.0 Å². The maximum atomic E-state index is 13.9. The molecule has 0 aliphatic carbocycles. The van der Waals surface area contributed by atoms with Crippen molar-refractivity contribution in [2.24, 2.45) is 0 Å². The number of carbonyl (C=O) groups is 1. The van der Waals surface area contributed by atoms with Gasteiger partial charge in [0, 0.05) is 18.1 Å². The molecule has 0 saturated heterocycles. The highest BCUT2D eigenvalue weighted by Gasteiger charge is 2.28. The van der Waals surface area contributed by atoms with Gasteiger partial charge < -0.3 is 18.6 Å². The van der Waals surface area contributed by atoms with Gasteiger partial charge in [0.25, 0.3) is 11.8 Å². The summed E-state index contributed by atoms with van der Waals surface area (Å²) in [5, 5.41) is 0. The van der Waals surface area contributed by atoms with Crippen molar-refractivity contribution in [3.63, 3.8) is 0 Å². The minimum Gasteiger partial charge on any atom is -0.469 e. The summed E-state index contributed by atoms with van der Waals surface area (Å²) in [6, 6.07) is 8.36. The Labute approximate surface area is 149 Å². The van der Waals surface area contributed by atoms with E-state index in [-0.39, 0.29) is 11.8 Å². The predicted molar refractivity (Wildman–Crippen MR) is 91.2 cm³/mol. The zero-order chi connectivity index (χ0) is 18.1. The van der Waals surface area contributed by atoms with Crippen molar-refractivity contribution >= 4 is 5.91 Å². The highest BCUT2D eigenvalue weighted by Crippen LogP contribution is 2.21. The van der Waals surface area contributed by atoms with Gasteiger partial charge in [0.15, 0.2) is 5.82 Å². The summed E-state index contributed by atoms with van der Waals surface area (Å²) in [6.45, 7) is 3.03. The fraction of sp³-hybridized carbons (Fsp3) is 0.263. The van der Waals surface area contributed by atoms with Gasteiger partial charge in [0.2, 0.25) is 0 Å². The van der Waals surface area contributed by atoms with Gasteiger partial charge >= 0.3 is 0 Å². The number of fused-ring (bicyclic) bond motifs is 1. The van der Waals surface area contributed by atoms with Gasteiger partial charge in [-0.15, -0.1) is 0 Å². The van der Waals surface area contributed by atoms with E-state index in [0.717, 1.165) is 5.69 Å². The zero-order valence-electron chi connectivity index (χ0n) is 14.3. The number of amides is 1. The Morgan fingerprint density at radius 2 is 2.19 bits per heavy atom. The summed E-state index contributed by atoms with van der Waals surface area (Å²) in [4.78, 5) is 18.6. The number of aryl methyl sites for hydroxylation is 1. The molecule has 0 unspecified atom stereocenters. The molecule has 134 valence electrons. The molecular formula is C19H18FN3O3. The van der Waals surface area contributed by atoms with Crippen LogP contribution in [0.15, 0.2) is 53.4 Å². The van der Waals surface area contributed by atoms with Crippen LogP contribution >= 0.6 is 0 Å². The first-order chi connectivity index (χ1) is 12.6. The molecule has 0 radical (unpaired) electrons. The second kappa shape index (κ2) is 6.67. The summed E-state index contributed by atoms with van der Waals surface area (Å²) in [7, 11) is 0. The number of carbonyl (C=O) groups excluding carboxylic acids is 1. The molecule has 1 aliphatic heterocycles. The summed E-state index contributed by atoms with van der Waals surface area (Å²) < 4.78 is 27.0. The third kappa shape index (κ3) is 3.08. The fourth-order valence-electron chi connectivity index (χ4n) is 3.18. The van der Waals surface area contributed by atoms with Crippen LogP contribution in [0.4, 0.5) is 4.39 Å². The monoisotopic (exact) mass is 355 g/mol. The second-order valence-electron chi connectivity index (χ2n) is 6.26. The highest BCUT2D eigenvalue weighted by atomic mass is 19.1. The van der Waals surface area contributed by atoms with E-state index >= 15 is 0 Å². The van der Waals surface area contributed by atoms with Crippen LogP contribution < -0.4 is 4.74 Å². The van der Waals surface area contributed by atoms with Crippen LogP contribution in [0, 0.1) is 12.7 Å². The average Bonchev–Trinajstić information content (AvgIpc) is 3.21. The van der Waals surface area contributed by atoms with Gasteiger partial charge in [0.1, 0.15) is 11.9 Å². The number of hydrogen-bond donors (Lipinski definition) is 0.